The van der Waals surface area contributed by atoms with Gasteiger partial charge in [0.1, 0.15) is 0 Å². The van der Waals surface area contributed by atoms with E-state index in [9.17, 15) is 0 Å². The van der Waals surface area contributed by atoms with Crippen LogP contribution in [0.3, 0.4) is 0 Å². The predicted octanol–water partition coefficient (Wildman–Crippen LogP) is -8.21. The molecule has 0 fully saturated rings. The average Bonchev–Trinajstić information content (AvgIpc) is 0.722. The molecule has 0 spiro atoms. The minimum absolute atomic E-state index is 0. The van der Waals surface area contributed by atoms with Crippen molar-refractivity contribution in [1.82, 2.24) is 0 Å². The second-order valence-electron chi connectivity index (χ2n) is 0.448. The van der Waals surface area contributed by atoms with Gasteiger partial charge in [-0.05, 0) is 0 Å². The Morgan fingerprint density at radius 1 is 1.00 bits per heavy atom. The van der Waals surface area contributed by atoms with Gasteiger partial charge in [0.25, 0.3) is 0 Å². The van der Waals surface area contributed by atoms with Gasteiger partial charge >= 0.3 is 48.1 Å². The molecule has 0 amide bonds. The molecule has 0 heterocycles. The third-order valence-corrected chi connectivity index (χ3v) is 0. The first-order chi connectivity index (χ1) is 2.00. The molecule has 0 aliphatic carbocycles. The van der Waals surface area contributed by atoms with Crippen molar-refractivity contribution in [1.29, 1.82) is 0 Å². The molecule has 0 unspecified atom stereocenters. The molecule has 9 heavy (non-hydrogen) atoms. The van der Waals surface area contributed by atoms with Gasteiger partial charge in [0, 0.05) is 0 Å². The molecule has 0 rings (SSSR count). The van der Waals surface area contributed by atoms with Crippen molar-refractivity contribution < 1.29 is 26.9 Å². The zero-order valence-corrected chi connectivity index (χ0v) is 6.61. The normalized spacial score (nSPS) is 6.44. The molecule has 0 bridgehead atoms. The first kappa shape index (κ1) is 31.3. The van der Waals surface area contributed by atoms with Gasteiger partial charge in [0.2, 0.25) is 0 Å². The third kappa shape index (κ3) is 233. The Morgan fingerprint density at radius 3 is 1.00 bits per heavy atom. The van der Waals surface area contributed by atoms with E-state index in [1.807, 2.05) is 0 Å². The molecular formula is H5AlCaF2O4S. The first-order valence-corrected chi connectivity index (χ1v) is 2.10. The maximum atomic E-state index is 8.74. The van der Waals surface area contributed by atoms with Crippen molar-refractivity contribution in [2.24, 2.45) is 0 Å². The monoisotopic (exact) mass is 206 g/mol. The van der Waals surface area contributed by atoms with E-state index in [0.717, 1.165) is 0 Å². The Labute approximate surface area is 91.5 Å². The molecule has 0 aromatic rings. The maximum absolute atomic E-state index is 8.74. The standard InChI is InChI=1S/Al.Ca.2FH.H2O4S.3H/c;;;;1-5(2,3)4;;;/h;;2*1H;(H2,1,2,3,4);;;/q;+2;;;;;;/p-2. The van der Waals surface area contributed by atoms with Gasteiger partial charge in [-0.15, -0.1) is 0 Å². The summed E-state index contributed by atoms with van der Waals surface area (Å²) in [5, 5.41) is 0. The van der Waals surface area contributed by atoms with E-state index >= 15 is 0 Å². The summed E-state index contributed by atoms with van der Waals surface area (Å²) in [5.74, 6) is 0. The van der Waals surface area contributed by atoms with Crippen LogP contribution in [0.15, 0.2) is 0 Å². The molecule has 0 aromatic carbocycles. The fraction of sp³-hybridized carbons (Fsp3) is 0. The Morgan fingerprint density at radius 2 is 1.00 bits per heavy atom. The number of rotatable bonds is 0. The molecule has 0 aliphatic rings. The SMILES string of the molecule is O=S(=O)(O)O.[AlH3].[Ca+2].[F-].[F-]. The van der Waals surface area contributed by atoms with Crippen LogP contribution in [0.1, 0.15) is 0 Å². The third-order valence-electron chi connectivity index (χ3n) is 0. The van der Waals surface area contributed by atoms with Crippen LogP contribution in [0.5, 0.6) is 0 Å². The average molecular weight is 206 g/mol. The van der Waals surface area contributed by atoms with E-state index in [0.29, 0.717) is 0 Å². The number of halogens is 2. The zero-order chi connectivity index (χ0) is 4.50. The van der Waals surface area contributed by atoms with Crippen LogP contribution in [-0.2, 0) is 10.4 Å². The summed E-state index contributed by atoms with van der Waals surface area (Å²) in [6.07, 6.45) is 0. The summed E-state index contributed by atoms with van der Waals surface area (Å²) in [6, 6.07) is 0. The van der Waals surface area contributed by atoms with Gasteiger partial charge in [-0.2, -0.15) is 8.42 Å². The predicted molar refractivity (Wildman–Crippen MR) is 29.9 cm³/mol. The molecule has 2 N–H and O–H groups in total. The summed E-state index contributed by atoms with van der Waals surface area (Å²) >= 11 is 0. The Hall–Kier alpha value is 1.52. The second-order valence-corrected chi connectivity index (χ2v) is 1.34. The fourth-order valence-corrected chi connectivity index (χ4v) is 0. The second kappa shape index (κ2) is 12.2. The molecule has 0 atom stereocenters. The van der Waals surface area contributed by atoms with Crippen LogP contribution < -0.4 is 9.41 Å². The molecule has 54 valence electrons. The van der Waals surface area contributed by atoms with Gasteiger partial charge in [-0.1, -0.05) is 0 Å². The Balaban J connectivity index is -0.0000000133. The quantitative estimate of drug-likeness (QED) is 0.305. The van der Waals surface area contributed by atoms with Crippen molar-refractivity contribution in [2.75, 3.05) is 0 Å². The summed E-state index contributed by atoms with van der Waals surface area (Å²) in [6.45, 7) is 0. The van der Waals surface area contributed by atoms with Crippen LogP contribution in [0.2, 0.25) is 0 Å². The number of hydrogen-bond acceptors (Lipinski definition) is 2. The molecule has 4 nitrogen and oxygen atoms in total. The topological polar surface area (TPSA) is 74.6 Å². The van der Waals surface area contributed by atoms with Crippen LogP contribution in [0.25, 0.3) is 0 Å². The minimum Gasteiger partial charge on any atom is -1.00 e. The molecular weight excluding hydrogens is 201 g/mol. The Kier molecular flexibility index (Phi) is 42.5. The summed E-state index contributed by atoms with van der Waals surface area (Å²) in [5.41, 5.74) is 0. The number of hydrogen-bond donors (Lipinski definition) is 2. The van der Waals surface area contributed by atoms with Crippen molar-refractivity contribution >= 4 is 65.5 Å². The van der Waals surface area contributed by atoms with Crippen LogP contribution in [0, 0.1) is 0 Å². The van der Waals surface area contributed by atoms with Gasteiger partial charge in [-0.3, -0.25) is 9.11 Å². The zero-order valence-electron chi connectivity index (χ0n) is 3.58. The Bertz CT molecular complexity index is 102. The van der Waals surface area contributed by atoms with Crippen LogP contribution in [-0.4, -0.2) is 72.6 Å². The molecule has 0 aromatic heterocycles. The summed E-state index contributed by atoms with van der Waals surface area (Å²) < 4.78 is 31.6. The van der Waals surface area contributed by atoms with Gasteiger partial charge in [0.05, 0.1) is 0 Å². The summed E-state index contributed by atoms with van der Waals surface area (Å²) in [4.78, 5) is 0. The molecule has 0 radical (unpaired) electrons. The molecule has 0 saturated carbocycles. The van der Waals surface area contributed by atoms with Crippen molar-refractivity contribution in [3.05, 3.63) is 0 Å². The largest absolute Gasteiger partial charge is 2.00 e. The van der Waals surface area contributed by atoms with E-state index in [-0.39, 0.29) is 64.5 Å². The molecule has 0 saturated heterocycles. The van der Waals surface area contributed by atoms with Gasteiger partial charge in [-0.25, -0.2) is 0 Å². The van der Waals surface area contributed by atoms with Crippen molar-refractivity contribution in [3.8, 4) is 0 Å². The molecule has 0 aliphatic heterocycles. The smallest absolute Gasteiger partial charge is 1.00 e. The van der Waals surface area contributed by atoms with E-state index < -0.39 is 10.4 Å². The van der Waals surface area contributed by atoms with Gasteiger partial charge in [0.15, 0.2) is 17.4 Å². The maximum Gasteiger partial charge on any atom is 2.00 e. The van der Waals surface area contributed by atoms with E-state index in [4.69, 9.17) is 17.5 Å². The van der Waals surface area contributed by atoms with E-state index in [2.05, 4.69) is 0 Å². The fourth-order valence-electron chi connectivity index (χ4n) is 0. The van der Waals surface area contributed by atoms with E-state index in [1.165, 1.54) is 0 Å². The van der Waals surface area contributed by atoms with E-state index in [1.54, 1.807) is 0 Å². The van der Waals surface area contributed by atoms with Gasteiger partial charge < -0.3 is 9.41 Å². The van der Waals surface area contributed by atoms with Crippen LogP contribution in [0.4, 0.5) is 0 Å². The van der Waals surface area contributed by atoms with Crippen molar-refractivity contribution in [3.63, 3.8) is 0 Å². The first-order valence-electron chi connectivity index (χ1n) is 0.698. The summed E-state index contributed by atoms with van der Waals surface area (Å²) in [7, 11) is -4.67. The molecule has 9 heteroatoms. The van der Waals surface area contributed by atoms with Crippen molar-refractivity contribution in [2.45, 2.75) is 0 Å². The minimum atomic E-state index is -4.67. The van der Waals surface area contributed by atoms with Crippen LogP contribution >= 0.6 is 0 Å².